The smallest absolute Gasteiger partial charge is 0.165 e. The van der Waals surface area contributed by atoms with E-state index in [-0.39, 0.29) is 17.6 Å². The van der Waals surface area contributed by atoms with Crippen molar-refractivity contribution in [3.63, 3.8) is 0 Å². The van der Waals surface area contributed by atoms with Crippen LogP contribution in [0.15, 0.2) is 30.3 Å². The van der Waals surface area contributed by atoms with Gasteiger partial charge in [0.15, 0.2) is 11.6 Å². The number of nitrogens with one attached hydrogen (secondary N) is 1. The third-order valence-electron chi connectivity index (χ3n) is 3.99. The number of hydrogen-bond acceptors (Lipinski definition) is 2. The van der Waals surface area contributed by atoms with Gasteiger partial charge in [0.25, 0.3) is 0 Å². The Labute approximate surface area is 126 Å². The first-order valence-electron chi connectivity index (χ1n) is 7.06. The normalized spacial score (nSPS) is 12.3. The zero-order valence-corrected chi connectivity index (χ0v) is 13.3. The molecule has 0 fully saturated rings. The van der Waals surface area contributed by atoms with Gasteiger partial charge in [-0.1, -0.05) is 18.2 Å². The van der Waals surface area contributed by atoms with E-state index in [0.717, 1.165) is 5.56 Å². The fourth-order valence-corrected chi connectivity index (χ4v) is 2.65. The molecule has 1 N–H and O–H groups in total. The van der Waals surface area contributed by atoms with E-state index >= 15 is 0 Å². The molecule has 0 saturated heterocycles. The van der Waals surface area contributed by atoms with Crippen LogP contribution in [-0.2, 0) is 0 Å². The van der Waals surface area contributed by atoms with Crippen LogP contribution in [0, 0.1) is 26.6 Å². The number of halogens is 1. The summed E-state index contributed by atoms with van der Waals surface area (Å²) in [5.74, 6) is -0.0675. The molecule has 0 aliphatic carbocycles. The van der Waals surface area contributed by atoms with E-state index in [1.54, 1.807) is 12.1 Å². The number of rotatable bonds is 4. The van der Waals surface area contributed by atoms with Crippen molar-refractivity contribution in [3.05, 3.63) is 64.0 Å². The Balaban J connectivity index is 2.52. The van der Waals surface area contributed by atoms with Crippen LogP contribution in [0.2, 0.25) is 0 Å². The molecule has 0 saturated carbocycles. The Morgan fingerprint density at radius 1 is 1.00 bits per heavy atom. The molecule has 0 aliphatic heterocycles. The highest BCUT2D eigenvalue weighted by molar-refractivity contribution is 5.44. The van der Waals surface area contributed by atoms with Gasteiger partial charge in [-0.15, -0.1) is 0 Å². The van der Waals surface area contributed by atoms with Gasteiger partial charge in [0, 0.05) is 0 Å². The third-order valence-corrected chi connectivity index (χ3v) is 3.99. The highest BCUT2D eigenvalue weighted by atomic mass is 19.1. The fraction of sp³-hybridized carbons (Fsp3) is 0.333. The molecular weight excluding hydrogens is 265 g/mol. The number of methoxy groups -OCH3 is 1. The van der Waals surface area contributed by atoms with Crippen LogP contribution < -0.4 is 10.1 Å². The lowest BCUT2D eigenvalue weighted by molar-refractivity contribution is 0.385. The molecule has 0 amide bonds. The molecule has 0 bridgehead atoms. The second-order valence-electron chi connectivity index (χ2n) is 5.41. The summed E-state index contributed by atoms with van der Waals surface area (Å²) >= 11 is 0. The predicted octanol–water partition coefficient (Wildman–Crippen LogP) is 4.07. The molecule has 0 aromatic heterocycles. The van der Waals surface area contributed by atoms with Gasteiger partial charge in [0.2, 0.25) is 0 Å². The van der Waals surface area contributed by atoms with Crippen molar-refractivity contribution in [1.82, 2.24) is 5.32 Å². The van der Waals surface area contributed by atoms with Crippen molar-refractivity contribution < 1.29 is 9.13 Å². The quantitative estimate of drug-likeness (QED) is 0.915. The average Bonchev–Trinajstić information content (AvgIpc) is 2.46. The standard InChI is InChI=1S/C18H22FNO/c1-11-8-13(3)15(9-12(11)2)18(20-4)14-6-7-16(19)17(10-14)21-5/h6-10,18,20H,1-5H3. The van der Waals surface area contributed by atoms with Crippen LogP contribution in [0.3, 0.4) is 0 Å². The van der Waals surface area contributed by atoms with E-state index in [0.29, 0.717) is 0 Å². The lowest BCUT2D eigenvalue weighted by atomic mass is 9.91. The number of ether oxygens (including phenoxy) is 1. The van der Waals surface area contributed by atoms with E-state index in [4.69, 9.17) is 4.74 Å². The maximum absolute atomic E-state index is 13.6. The van der Waals surface area contributed by atoms with Gasteiger partial charge < -0.3 is 10.1 Å². The second kappa shape index (κ2) is 6.27. The zero-order valence-electron chi connectivity index (χ0n) is 13.3. The Kier molecular flexibility index (Phi) is 4.63. The van der Waals surface area contributed by atoms with Crippen molar-refractivity contribution in [2.45, 2.75) is 26.8 Å². The summed E-state index contributed by atoms with van der Waals surface area (Å²) in [4.78, 5) is 0. The minimum atomic E-state index is -0.340. The topological polar surface area (TPSA) is 21.3 Å². The third kappa shape index (κ3) is 3.08. The number of aryl methyl sites for hydroxylation is 3. The molecule has 0 radical (unpaired) electrons. The van der Waals surface area contributed by atoms with Crippen LogP contribution >= 0.6 is 0 Å². The molecule has 2 nitrogen and oxygen atoms in total. The summed E-state index contributed by atoms with van der Waals surface area (Å²) in [5, 5.41) is 3.31. The molecule has 112 valence electrons. The first-order valence-corrected chi connectivity index (χ1v) is 7.06. The van der Waals surface area contributed by atoms with Crippen LogP contribution in [0.1, 0.15) is 33.9 Å². The Bertz CT molecular complexity index is 652. The van der Waals surface area contributed by atoms with E-state index in [1.165, 1.54) is 35.4 Å². The second-order valence-corrected chi connectivity index (χ2v) is 5.41. The highest BCUT2D eigenvalue weighted by Gasteiger charge is 2.17. The van der Waals surface area contributed by atoms with E-state index in [2.05, 4.69) is 38.2 Å². The fourth-order valence-electron chi connectivity index (χ4n) is 2.65. The summed E-state index contributed by atoms with van der Waals surface area (Å²) in [6.07, 6.45) is 0. The van der Waals surface area contributed by atoms with E-state index in [1.807, 2.05) is 7.05 Å². The van der Waals surface area contributed by atoms with Crippen molar-refractivity contribution in [3.8, 4) is 5.75 Å². The predicted molar refractivity (Wildman–Crippen MR) is 84.5 cm³/mol. The minimum Gasteiger partial charge on any atom is -0.494 e. The number of hydrogen-bond donors (Lipinski definition) is 1. The van der Waals surface area contributed by atoms with Gasteiger partial charge in [0.05, 0.1) is 13.2 Å². The molecule has 21 heavy (non-hydrogen) atoms. The first kappa shape index (κ1) is 15.5. The van der Waals surface area contributed by atoms with Crippen molar-refractivity contribution >= 4 is 0 Å². The summed E-state index contributed by atoms with van der Waals surface area (Å²) in [6.45, 7) is 6.32. The molecule has 0 aliphatic rings. The molecule has 0 spiro atoms. The molecule has 0 heterocycles. The monoisotopic (exact) mass is 287 g/mol. The first-order chi connectivity index (χ1) is 9.97. The highest BCUT2D eigenvalue weighted by Crippen LogP contribution is 2.30. The van der Waals surface area contributed by atoms with Crippen molar-refractivity contribution in [1.29, 1.82) is 0 Å². The lowest BCUT2D eigenvalue weighted by Gasteiger charge is -2.21. The molecule has 2 rings (SSSR count). The summed E-state index contributed by atoms with van der Waals surface area (Å²) in [6, 6.07) is 9.41. The molecule has 3 heteroatoms. The molecule has 2 aromatic rings. The average molecular weight is 287 g/mol. The summed E-state index contributed by atoms with van der Waals surface area (Å²) in [7, 11) is 3.40. The van der Waals surface area contributed by atoms with E-state index in [9.17, 15) is 4.39 Å². The minimum absolute atomic E-state index is 0.0128. The maximum Gasteiger partial charge on any atom is 0.165 e. The number of benzene rings is 2. The molecule has 1 unspecified atom stereocenters. The van der Waals surface area contributed by atoms with Crippen molar-refractivity contribution in [2.75, 3.05) is 14.2 Å². The van der Waals surface area contributed by atoms with Gasteiger partial charge in [-0.2, -0.15) is 0 Å². The molecular formula is C18H22FNO. The maximum atomic E-state index is 13.6. The summed E-state index contributed by atoms with van der Waals surface area (Å²) < 4.78 is 18.7. The Morgan fingerprint density at radius 3 is 2.29 bits per heavy atom. The molecule has 2 aromatic carbocycles. The van der Waals surface area contributed by atoms with Crippen molar-refractivity contribution in [2.24, 2.45) is 0 Å². The van der Waals surface area contributed by atoms with Gasteiger partial charge in [-0.3, -0.25) is 0 Å². The lowest BCUT2D eigenvalue weighted by Crippen LogP contribution is -2.19. The van der Waals surface area contributed by atoms with Gasteiger partial charge >= 0.3 is 0 Å². The summed E-state index contributed by atoms with van der Waals surface area (Å²) in [5.41, 5.74) is 5.95. The van der Waals surface area contributed by atoms with Crippen LogP contribution in [0.5, 0.6) is 5.75 Å². The molecule has 1 atom stereocenters. The van der Waals surface area contributed by atoms with Crippen LogP contribution in [0.25, 0.3) is 0 Å². The zero-order chi connectivity index (χ0) is 15.6. The largest absolute Gasteiger partial charge is 0.494 e. The van der Waals surface area contributed by atoms with E-state index < -0.39 is 0 Å². The Hall–Kier alpha value is -1.87. The Morgan fingerprint density at radius 2 is 1.67 bits per heavy atom. The SMILES string of the molecule is CNC(c1ccc(F)c(OC)c1)c1cc(C)c(C)cc1C. The van der Waals surface area contributed by atoms with Crippen LogP contribution in [-0.4, -0.2) is 14.2 Å². The van der Waals surface area contributed by atoms with Gasteiger partial charge in [-0.25, -0.2) is 4.39 Å². The van der Waals surface area contributed by atoms with Gasteiger partial charge in [-0.05, 0) is 67.8 Å². The van der Waals surface area contributed by atoms with Gasteiger partial charge in [0.1, 0.15) is 0 Å². The van der Waals surface area contributed by atoms with Crippen LogP contribution in [0.4, 0.5) is 4.39 Å².